The molecule has 136 valence electrons. The van der Waals surface area contributed by atoms with Gasteiger partial charge in [0.15, 0.2) is 5.96 Å². The second-order valence-corrected chi connectivity index (χ2v) is 5.52. The number of guanidine groups is 1. The highest BCUT2D eigenvalue weighted by molar-refractivity contribution is 14.0. The van der Waals surface area contributed by atoms with Crippen molar-refractivity contribution in [2.75, 3.05) is 57.3 Å². The van der Waals surface area contributed by atoms with E-state index >= 15 is 0 Å². The monoisotopic (exact) mass is 447 g/mol. The maximum absolute atomic E-state index is 4.59. The first-order valence-electron chi connectivity index (χ1n) is 8.60. The number of rotatable bonds is 7. The van der Waals surface area contributed by atoms with Gasteiger partial charge in [0.05, 0.1) is 0 Å². The average Bonchev–Trinajstić information content (AvgIpc) is 2.60. The lowest BCUT2D eigenvalue weighted by Crippen LogP contribution is -2.47. The SMILES string of the molecule is CCNC(=NCCCN1CCN(c2ncccn2)CC1)NCC.I. The molecule has 0 aliphatic carbocycles. The molecule has 2 heterocycles. The third kappa shape index (κ3) is 7.16. The molecule has 0 radical (unpaired) electrons. The number of anilines is 1. The summed E-state index contributed by atoms with van der Waals surface area (Å²) in [5, 5.41) is 6.50. The van der Waals surface area contributed by atoms with E-state index in [2.05, 4.69) is 49.2 Å². The summed E-state index contributed by atoms with van der Waals surface area (Å²) >= 11 is 0. The standard InChI is InChI=1S/C16H29N7.HI/c1-3-17-15(18-4-2)19-9-6-10-22-11-13-23(14-12-22)16-20-7-5-8-21-16;/h5,7-8H,3-4,6,9-14H2,1-2H3,(H2,17,18,19);1H. The van der Waals surface area contributed by atoms with Crippen LogP contribution in [0.25, 0.3) is 0 Å². The van der Waals surface area contributed by atoms with E-state index in [1.807, 2.05) is 6.07 Å². The molecule has 8 heteroatoms. The fourth-order valence-corrected chi connectivity index (χ4v) is 2.62. The molecule has 0 saturated carbocycles. The topological polar surface area (TPSA) is 68.7 Å². The van der Waals surface area contributed by atoms with Gasteiger partial charge in [0.25, 0.3) is 0 Å². The zero-order valence-corrected chi connectivity index (χ0v) is 17.1. The Bertz CT molecular complexity index is 453. The summed E-state index contributed by atoms with van der Waals surface area (Å²) in [7, 11) is 0. The predicted molar refractivity (Wildman–Crippen MR) is 110 cm³/mol. The maximum Gasteiger partial charge on any atom is 0.225 e. The highest BCUT2D eigenvalue weighted by atomic mass is 127. The molecule has 0 aromatic carbocycles. The van der Waals surface area contributed by atoms with E-state index in [1.165, 1.54) is 0 Å². The average molecular weight is 447 g/mol. The van der Waals surface area contributed by atoms with E-state index < -0.39 is 0 Å². The summed E-state index contributed by atoms with van der Waals surface area (Å²) in [6.07, 6.45) is 4.69. The summed E-state index contributed by atoms with van der Waals surface area (Å²) in [5.41, 5.74) is 0. The van der Waals surface area contributed by atoms with Crippen molar-refractivity contribution in [3.8, 4) is 0 Å². The number of aromatic nitrogens is 2. The van der Waals surface area contributed by atoms with Gasteiger partial charge in [-0.05, 0) is 26.3 Å². The van der Waals surface area contributed by atoms with Crippen LogP contribution in [-0.2, 0) is 0 Å². The van der Waals surface area contributed by atoms with Gasteiger partial charge in [0.1, 0.15) is 0 Å². The molecule has 0 unspecified atom stereocenters. The minimum absolute atomic E-state index is 0. The van der Waals surface area contributed by atoms with Gasteiger partial charge in [-0.25, -0.2) is 9.97 Å². The van der Waals surface area contributed by atoms with Gasteiger partial charge in [-0.15, -0.1) is 24.0 Å². The minimum atomic E-state index is 0. The van der Waals surface area contributed by atoms with Gasteiger partial charge >= 0.3 is 0 Å². The first-order chi connectivity index (χ1) is 11.3. The Morgan fingerprint density at radius 1 is 1.08 bits per heavy atom. The largest absolute Gasteiger partial charge is 0.357 e. The van der Waals surface area contributed by atoms with Gasteiger partial charge in [0, 0.05) is 64.8 Å². The van der Waals surface area contributed by atoms with Gasteiger partial charge in [-0.1, -0.05) is 0 Å². The molecule has 24 heavy (non-hydrogen) atoms. The number of nitrogens with zero attached hydrogens (tertiary/aromatic N) is 5. The molecule has 2 N–H and O–H groups in total. The van der Waals surface area contributed by atoms with Crippen LogP contribution < -0.4 is 15.5 Å². The molecule has 0 bridgehead atoms. The van der Waals surface area contributed by atoms with Crippen molar-refractivity contribution in [2.24, 2.45) is 4.99 Å². The van der Waals surface area contributed by atoms with Gasteiger partial charge in [-0.3, -0.25) is 9.89 Å². The molecule has 0 atom stereocenters. The Kier molecular flexibility index (Phi) is 10.6. The summed E-state index contributed by atoms with van der Waals surface area (Å²) in [4.78, 5) is 18.0. The fraction of sp³-hybridized carbons (Fsp3) is 0.688. The number of hydrogen-bond acceptors (Lipinski definition) is 5. The van der Waals surface area contributed by atoms with Crippen molar-refractivity contribution in [1.82, 2.24) is 25.5 Å². The summed E-state index contributed by atoms with van der Waals surface area (Å²) in [6, 6.07) is 1.86. The molecule has 0 amide bonds. The third-order valence-electron chi connectivity index (χ3n) is 3.80. The maximum atomic E-state index is 4.59. The lowest BCUT2D eigenvalue weighted by Gasteiger charge is -2.34. The first-order valence-corrected chi connectivity index (χ1v) is 8.60. The smallest absolute Gasteiger partial charge is 0.225 e. The highest BCUT2D eigenvalue weighted by Crippen LogP contribution is 2.09. The van der Waals surface area contributed by atoms with Crippen molar-refractivity contribution < 1.29 is 0 Å². The lowest BCUT2D eigenvalue weighted by molar-refractivity contribution is 0.255. The van der Waals surface area contributed by atoms with Crippen LogP contribution in [0.15, 0.2) is 23.5 Å². The van der Waals surface area contributed by atoms with E-state index in [0.29, 0.717) is 0 Å². The van der Waals surface area contributed by atoms with Crippen molar-refractivity contribution in [3.63, 3.8) is 0 Å². The quantitative estimate of drug-likeness (QED) is 0.283. The summed E-state index contributed by atoms with van der Waals surface area (Å²) < 4.78 is 0. The Labute approximate surface area is 162 Å². The molecule has 2 rings (SSSR count). The van der Waals surface area contributed by atoms with Crippen molar-refractivity contribution >= 4 is 35.9 Å². The van der Waals surface area contributed by atoms with E-state index in [1.54, 1.807) is 12.4 Å². The number of halogens is 1. The molecule has 1 aliphatic heterocycles. The zero-order chi connectivity index (χ0) is 16.3. The van der Waals surface area contributed by atoms with Crippen LogP contribution in [0, 0.1) is 0 Å². The molecule has 7 nitrogen and oxygen atoms in total. The molecular weight excluding hydrogens is 417 g/mol. The second kappa shape index (κ2) is 12.2. The van der Waals surface area contributed by atoms with Gasteiger partial charge in [-0.2, -0.15) is 0 Å². The zero-order valence-electron chi connectivity index (χ0n) is 14.7. The van der Waals surface area contributed by atoms with Gasteiger partial charge < -0.3 is 15.5 Å². The predicted octanol–water partition coefficient (Wildman–Crippen LogP) is 1.18. The molecule has 1 aliphatic rings. The van der Waals surface area contributed by atoms with E-state index in [-0.39, 0.29) is 24.0 Å². The second-order valence-electron chi connectivity index (χ2n) is 5.52. The Hall–Kier alpha value is -1.16. The highest BCUT2D eigenvalue weighted by Gasteiger charge is 2.17. The molecule has 1 fully saturated rings. The molecule has 1 aromatic heterocycles. The van der Waals surface area contributed by atoms with Crippen LogP contribution in [0.5, 0.6) is 0 Å². The number of nitrogens with one attached hydrogen (secondary N) is 2. The van der Waals surface area contributed by atoms with Crippen molar-refractivity contribution in [3.05, 3.63) is 18.5 Å². The molecule has 0 spiro atoms. The van der Waals surface area contributed by atoms with Crippen LogP contribution in [0.2, 0.25) is 0 Å². The number of piperazine rings is 1. The van der Waals surface area contributed by atoms with E-state index in [9.17, 15) is 0 Å². The Morgan fingerprint density at radius 2 is 1.71 bits per heavy atom. The third-order valence-corrected chi connectivity index (χ3v) is 3.80. The van der Waals surface area contributed by atoms with E-state index in [4.69, 9.17) is 0 Å². The van der Waals surface area contributed by atoms with Crippen LogP contribution in [-0.4, -0.2) is 73.2 Å². The van der Waals surface area contributed by atoms with Gasteiger partial charge in [0.2, 0.25) is 5.95 Å². The minimum Gasteiger partial charge on any atom is -0.357 e. The lowest BCUT2D eigenvalue weighted by atomic mass is 10.3. The molecule has 1 aromatic rings. The summed E-state index contributed by atoms with van der Waals surface area (Å²) in [6.45, 7) is 12.0. The first kappa shape index (κ1) is 20.9. The van der Waals surface area contributed by atoms with Crippen LogP contribution in [0.3, 0.4) is 0 Å². The number of hydrogen-bond donors (Lipinski definition) is 2. The normalized spacial score (nSPS) is 14.7. The van der Waals surface area contributed by atoms with E-state index in [0.717, 1.165) is 70.7 Å². The van der Waals surface area contributed by atoms with Crippen LogP contribution in [0.4, 0.5) is 5.95 Å². The molecule has 1 saturated heterocycles. The summed E-state index contributed by atoms with van der Waals surface area (Å²) in [5.74, 6) is 1.76. The Morgan fingerprint density at radius 3 is 2.29 bits per heavy atom. The number of aliphatic imine (C=N–C) groups is 1. The Balaban J connectivity index is 0.00000288. The fourth-order valence-electron chi connectivity index (χ4n) is 2.62. The molecular formula is C16H30IN7. The van der Waals surface area contributed by atoms with Crippen molar-refractivity contribution in [2.45, 2.75) is 20.3 Å². The van der Waals surface area contributed by atoms with Crippen LogP contribution >= 0.6 is 24.0 Å². The van der Waals surface area contributed by atoms with Crippen molar-refractivity contribution in [1.29, 1.82) is 0 Å². The van der Waals surface area contributed by atoms with Crippen LogP contribution in [0.1, 0.15) is 20.3 Å².